The summed E-state index contributed by atoms with van der Waals surface area (Å²) >= 11 is 0. The van der Waals surface area contributed by atoms with E-state index in [0.717, 1.165) is 30.0 Å². The second kappa shape index (κ2) is 11.3. The Morgan fingerprint density at radius 1 is 1.00 bits per heavy atom. The highest BCUT2D eigenvalue weighted by Crippen LogP contribution is 2.17. The molecule has 1 aliphatic heterocycles. The molecule has 2 heterocycles. The highest BCUT2D eigenvalue weighted by atomic mass is 16.5. The number of anilines is 1. The van der Waals surface area contributed by atoms with Crippen LogP contribution in [-0.2, 0) is 4.79 Å². The zero-order chi connectivity index (χ0) is 22.9. The normalized spacial score (nSPS) is 15.5. The van der Waals surface area contributed by atoms with E-state index in [0.29, 0.717) is 5.56 Å². The summed E-state index contributed by atoms with van der Waals surface area (Å²) in [5.74, 6) is 5.67. The fourth-order valence-electron chi connectivity index (χ4n) is 3.50. The summed E-state index contributed by atoms with van der Waals surface area (Å²) in [6.45, 7) is 3.43. The summed E-state index contributed by atoms with van der Waals surface area (Å²) in [6, 6.07) is 9.26. The second-order valence-corrected chi connectivity index (χ2v) is 7.80. The topological polar surface area (TPSA) is 115 Å². The number of benzene rings is 1. The molecule has 0 spiro atoms. The van der Waals surface area contributed by atoms with Crippen molar-refractivity contribution in [3.05, 3.63) is 59.3 Å². The van der Waals surface area contributed by atoms with Crippen LogP contribution in [0.5, 0.6) is 0 Å². The predicted molar refractivity (Wildman–Crippen MR) is 120 cm³/mol. The molecule has 0 saturated carbocycles. The molecule has 32 heavy (non-hydrogen) atoms. The van der Waals surface area contributed by atoms with Crippen molar-refractivity contribution in [2.24, 2.45) is 0 Å². The largest absolute Gasteiger partial charge is 0.391 e. The fraction of sp³-hybridized carbons (Fsp3) is 0.375. The molecule has 4 N–H and O–H groups in total. The first-order chi connectivity index (χ1) is 15.5. The minimum absolute atomic E-state index is 0.301. The van der Waals surface area contributed by atoms with Crippen molar-refractivity contribution >= 4 is 17.6 Å². The predicted octanol–water partition coefficient (Wildman–Crippen LogP) is 1.85. The van der Waals surface area contributed by atoms with E-state index in [2.05, 4.69) is 27.0 Å². The van der Waals surface area contributed by atoms with Gasteiger partial charge < -0.3 is 15.3 Å². The van der Waals surface area contributed by atoms with Crippen molar-refractivity contribution < 1.29 is 19.9 Å². The molecule has 1 aliphatic rings. The Morgan fingerprint density at radius 2 is 1.62 bits per heavy atom. The van der Waals surface area contributed by atoms with Gasteiger partial charge in [0, 0.05) is 36.0 Å². The molecule has 0 aliphatic carbocycles. The molecule has 2 amide bonds. The van der Waals surface area contributed by atoms with E-state index in [9.17, 15) is 14.7 Å². The van der Waals surface area contributed by atoms with Crippen molar-refractivity contribution in [2.45, 2.75) is 44.8 Å². The summed E-state index contributed by atoms with van der Waals surface area (Å²) < 4.78 is 0. The summed E-state index contributed by atoms with van der Waals surface area (Å²) in [6.07, 6.45) is 5.56. The minimum atomic E-state index is -1.27. The lowest BCUT2D eigenvalue weighted by Gasteiger charge is -2.21. The highest BCUT2D eigenvalue weighted by molar-refractivity contribution is 5.97. The van der Waals surface area contributed by atoms with E-state index in [-0.39, 0.29) is 0 Å². The van der Waals surface area contributed by atoms with Gasteiger partial charge in [-0.2, -0.15) is 0 Å². The summed E-state index contributed by atoms with van der Waals surface area (Å²) in [4.78, 5) is 30.8. The quantitative estimate of drug-likeness (QED) is 0.323. The maximum absolute atomic E-state index is 12.3. The van der Waals surface area contributed by atoms with E-state index in [1.807, 2.05) is 12.1 Å². The molecule has 3 rings (SSSR count). The number of rotatable bonds is 5. The van der Waals surface area contributed by atoms with Crippen LogP contribution in [0.4, 0.5) is 5.82 Å². The van der Waals surface area contributed by atoms with Gasteiger partial charge in [0.15, 0.2) is 0 Å². The Balaban J connectivity index is 1.62. The van der Waals surface area contributed by atoms with Gasteiger partial charge in [0.05, 0.1) is 6.10 Å². The molecule has 8 heteroatoms. The van der Waals surface area contributed by atoms with Gasteiger partial charge >= 0.3 is 0 Å². The number of aliphatic hydroxyl groups excluding tert-OH is 1. The maximum Gasteiger partial charge on any atom is 0.268 e. The first-order valence-electron chi connectivity index (χ1n) is 10.7. The number of aromatic nitrogens is 1. The fourth-order valence-corrected chi connectivity index (χ4v) is 3.50. The van der Waals surface area contributed by atoms with Crippen molar-refractivity contribution in [2.75, 3.05) is 18.0 Å². The lowest BCUT2D eigenvalue weighted by Crippen LogP contribution is -2.51. The van der Waals surface area contributed by atoms with E-state index in [1.54, 1.807) is 30.5 Å². The number of hydroxylamine groups is 1. The van der Waals surface area contributed by atoms with Crippen molar-refractivity contribution in [3.63, 3.8) is 0 Å². The summed E-state index contributed by atoms with van der Waals surface area (Å²) in [5, 5.41) is 20.7. The van der Waals surface area contributed by atoms with E-state index < -0.39 is 24.0 Å². The third-order valence-corrected chi connectivity index (χ3v) is 5.34. The average Bonchev–Trinajstić information content (AvgIpc) is 3.10. The number of nitrogens with one attached hydrogen (secondary N) is 2. The summed E-state index contributed by atoms with van der Waals surface area (Å²) in [5.41, 5.74) is 3.26. The zero-order valence-electron chi connectivity index (χ0n) is 18.0. The molecule has 1 saturated heterocycles. The lowest BCUT2D eigenvalue weighted by atomic mass is 10.1. The van der Waals surface area contributed by atoms with Gasteiger partial charge in [-0.25, -0.2) is 10.5 Å². The van der Waals surface area contributed by atoms with Gasteiger partial charge in [0.2, 0.25) is 0 Å². The van der Waals surface area contributed by atoms with Crippen LogP contribution < -0.4 is 15.7 Å². The van der Waals surface area contributed by atoms with Crippen LogP contribution in [0.25, 0.3) is 0 Å². The van der Waals surface area contributed by atoms with Crippen molar-refractivity contribution in [3.8, 4) is 11.8 Å². The number of aliphatic hydroxyl groups is 1. The smallest absolute Gasteiger partial charge is 0.268 e. The van der Waals surface area contributed by atoms with Gasteiger partial charge in [0.25, 0.3) is 11.8 Å². The third kappa shape index (κ3) is 6.30. The molecular formula is C24H28N4O4. The molecule has 168 valence electrons. The van der Waals surface area contributed by atoms with Gasteiger partial charge in [-0.15, -0.1) is 0 Å². The van der Waals surface area contributed by atoms with Crippen molar-refractivity contribution in [1.29, 1.82) is 0 Å². The number of hydrogen-bond donors (Lipinski definition) is 4. The van der Waals surface area contributed by atoms with E-state index >= 15 is 0 Å². The Labute approximate surface area is 187 Å². The summed E-state index contributed by atoms with van der Waals surface area (Å²) in [7, 11) is 0. The molecule has 0 radical (unpaired) electrons. The molecule has 2 atom stereocenters. The Morgan fingerprint density at radius 3 is 2.19 bits per heavy atom. The molecule has 0 bridgehead atoms. The van der Waals surface area contributed by atoms with Crippen LogP contribution in [-0.4, -0.2) is 52.3 Å². The number of pyridine rings is 1. The third-order valence-electron chi connectivity index (χ3n) is 5.34. The van der Waals surface area contributed by atoms with Gasteiger partial charge in [-0.3, -0.25) is 14.8 Å². The maximum atomic E-state index is 12.3. The van der Waals surface area contributed by atoms with Crippen LogP contribution in [0.1, 0.15) is 54.1 Å². The number of nitrogens with zero attached hydrogens (tertiary/aromatic N) is 2. The van der Waals surface area contributed by atoms with Crippen LogP contribution in [0, 0.1) is 11.8 Å². The SMILES string of the molecule is C[C@@H](O)[C@H](NC(=O)c1ccc(C#Cc2ccc(N3CCCCCC3)nc2)cc1)C(=O)NO. The van der Waals surface area contributed by atoms with E-state index in [1.165, 1.54) is 38.1 Å². The first kappa shape index (κ1) is 23.3. The van der Waals surface area contributed by atoms with Crippen LogP contribution in [0.3, 0.4) is 0 Å². The Bertz CT molecular complexity index is 970. The van der Waals surface area contributed by atoms with Gasteiger partial charge in [0.1, 0.15) is 11.9 Å². The molecule has 8 nitrogen and oxygen atoms in total. The first-order valence-corrected chi connectivity index (χ1v) is 10.7. The second-order valence-electron chi connectivity index (χ2n) is 7.80. The molecule has 1 aromatic carbocycles. The molecule has 2 aromatic rings. The van der Waals surface area contributed by atoms with Crippen LogP contribution in [0.2, 0.25) is 0 Å². The standard InChI is InChI=1S/C24H28N4O4/c1-17(29)22(24(31)27-32)26-23(30)20-11-8-18(9-12-20)6-7-19-10-13-21(25-16-19)28-14-4-2-3-5-15-28/h8-13,16-17,22,29,32H,2-5,14-15H2,1H3,(H,26,30)(H,27,31)/t17-,22+/m1/s1. The highest BCUT2D eigenvalue weighted by Gasteiger charge is 2.25. The van der Waals surface area contributed by atoms with Crippen LogP contribution >= 0.6 is 0 Å². The molecule has 0 unspecified atom stereocenters. The average molecular weight is 437 g/mol. The molecule has 1 fully saturated rings. The number of hydrogen-bond acceptors (Lipinski definition) is 6. The lowest BCUT2D eigenvalue weighted by molar-refractivity contribution is -0.133. The van der Waals surface area contributed by atoms with Gasteiger partial charge in [-0.05, 0) is 56.2 Å². The minimum Gasteiger partial charge on any atom is -0.391 e. The monoisotopic (exact) mass is 436 g/mol. The molecular weight excluding hydrogens is 408 g/mol. The number of carbonyl (C=O) groups excluding carboxylic acids is 2. The Hall–Kier alpha value is -3.41. The van der Waals surface area contributed by atoms with E-state index in [4.69, 9.17) is 5.21 Å². The number of carbonyl (C=O) groups is 2. The van der Waals surface area contributed by atoms with Crippen LogP contribution in [0.15, 0.2) is 42.6 Å². The Kier molecular flexibility index (Phi) is 8.20. The van der Waals surface area contributed by atoms with Crippen molar-refractivity contribution in [1.82, 2.24) is 15.8 Å². The molecule has 1 aromatic heterocycles. The number of amides is 2. The van der Waals surface area contributed by atoms with Gasteiger partial charge in [-0.1, -0.05) is 24.7 Å². The zero-order valence-corrected chi connectivity index (χ0v) is 18.0.